The Bertz CT molecular complexity index is 883. The summed E-state index contributed by atoms with van der Waals surface area (Å²) in [5.74, 6) is 0.779. The minimum absolute atomic E-state index is 0.0875. The average Bonchev–Trinajstić information content (AvgIpc) is 2.76. The molecule has 2 aliphatic rings. The summed E-state index contributed by atoms with van der Waals surface area (Å²) >= 11 is 6.40. The summed E-state index contributed by atoms with van der Waals surface area (Å²) in [5, 5.41) is 0.663. The van der Waals surface area contributed by atoms with Gasteiger partial charge < -0.3 is 19.4 Å². The van der Waals surface area contributed by atoms with Crippen LogP contribution in [0.3, 0.4) is 0 Å². The maximum absolute atomic E-state index is 13.2. The van der Waals surface area contributed by atoms with Crippen LogP contribution in [0.25, 0.3) is 0 Å². The molecular formula is C26H38ClN3O3. The van der Waals surface area contributed by atoms with E-state index in [1.165, 1.54) is 0 Å². The minimum atomic E-state index is -0.320. The molecule has 1 saturated heterocycles. The normalized spacial score (nSPS) is 19.3. The van der Waals surface area contributed by atoms with Gasteiger partial charge in [-0.2, -0.15) is 0 Å². The van der Waals surface area contributed by atoms with E-state index in [1.807, 2.05) is 57.3 Å². The molecule has 2 rings (SSSR count). The molecule has 182 valence electrons. The molecule has 7 heteroatoms. The number of rotatable bonds is 9. The van der Waals surface area contributed by atoms with E-state index in [0.717, 1.165) is 30.4 Å². The number of Topliss-reactive ketones (excluding diaryl/α,β-unsaturated/α-hetero) is 1. The Balaban J connectivity index is 2.06. The Hall–Kier alpha value is -2.47. The van der Waals surface area contributed by atoms with E-state index in [2.05, 4.69) is 13.0 Å². The molecule has 2 amide bonds. The molecule has 0 aromatic carbocycles. The first-order valence-corrected chi connectivity index (χ1v) is 12.1. The van der Waals surface area contributed by atoms with Gasteiger partial charge >= 0.3 is 6.03 Å². The molecule has 0 radical (unpaired) electrons. The number of fused-ring (bicyclic) bond motifs is 1. The van der Waals surface area contributed by atoms with E-state index in [1.54, 1.807) is 16.8 Å². The second-order valence-electron chi connectivity index (χ2n) is 8.76. The number of nitrogens with zero attached hydrogens (tertiary/aromatic N) is 3. The molecule has 0 aromatic rings. The van der Waals surface area contributed by atoms with Crippen LogP contribution in [0.5, 0.6) is 0 Å². The number of allylic oxidation sites excluding steroid dienone is 6. The average molecular weight is 476 g/mol. The number of carbonyl (C=O) groups is 2. The summed E-state index contributed by atoms with van der Waals surface area (Å²) in [7, 11) is 5.65. The van der Waals surface area contributed by atoms with Crippen LogP contribution in [-0.2, 0) is 9.53 Å². The fourth-order valence-corrected chi connectivity index (χ4v) is 4.18. The Morgan fingerprint density at radius 1 is 1.21 bits per heavy atom. The highest BCUT2D eigenvalue weighted by atomic mass is 35.5. The largest absolute Gasteiger partial charge is 0.488 e. The Labute approximate surface area is 203 Å². The van der Waals surface area contributed by atoms with Crippen molar-refractivity contribution in [3.63, 3.8) is 0 Å². The lowest BCUT2D eigenvalue weighted by atomic mass is 9.94. The number of ether oxygens (including phenoxy) is 1. The highest BCUT2D eigenvalue weighted by molar-refractivity contribution is 6.31. The highest BCUT2D eigenvalue weighted by Crippen LogP contribution is 2.29. The molecule has 33 heavy (non-hydrogen) atoms. The SMILES string of the molecule is CC\C=C(/C=C(C)/C(Cl)=C\N(C)C)CN(C)C(=O)N(CC)CC1CC(=O)C2=CCCC=C2O1. The second-order valence-corrected chi connectivity index (χ2v) is 9.17. The number of hydrogen-bond donors (Lipinski definition) is 0. The van der Waals surface area contributed by atoms with Crippen molar-refractivity contribution in [3.8, 4) is 0 Å². The van der Waals surface area contributed by atoms with Crippen molar-refractivity contribution in [2.24, 2.45) is 0 Å². The van der Waals surface area contributed by atoms with Crippen LogP contribution in [-0.4, -0.2) is 73.4 Å². The van der Waals surface area contributed by atoms with Gasteiger partial charge in [0.2, 0.25) is 0 Å². The third-order valence-corrected chi connectivity index (χ3v) is 5.95. The van der Waals surface area contributed by atoms with Gasteiger partial charge in [-0.3, -0.25) is 4.79 Å². The van der Waals surface area contributed by atoms with Crippen LogP contribution in [0.15, 0.2) is 58.0 Å². The molecule has 0 spiro atoms. The van der Waals surface area contributed by atoms with Crippen molar-refractivity contribution < 1.29 is 14.3 Å². The maximum atomic E-state index is 13.2. The maximum Gasteiger partial charge on any atom is 0.320 e. The lowest BCUT2D eigenvalue weighted by Gasteiger charge is -2.34. The molecular weight excluding hydrogens is 438 g/mol. The zero-order chi connectivity index (χ0) is 24.5. The van der Waals surface area contributed by atoms with E-state index in [4.69, 9.17) is 16.3 Å². The zero-order valence-electron chi connectivity index (χ0n) is 20.9. The lowest BCUT2D eigenvalue weighted by Crippen LogP contribution is -2.46. The molecule has 1 aliphatic heterocycles. The van der Waals surface area contributed by atoms with Gasteiger partial charge in [0.15, 0.2) is 5.78 Å². The predicted octanol–water partition coefficient (Wildman–Crippen LogP) is 5.25. The number of ketones is 1. The number of amides is 2. The molecule has 1 fully saturated rings. The van der Waals surface area contributed by atoms with Crippen LogP contribution in [0.4, 0.5) is 4.79 Å². The van der Waals surface area contributed by atoms with Gasteiger partial charge in [-0.15, -0.1) is 0 Å². The van der Waals surface area contributed by atoms with Crippen LogP contribution in [0, 0.1) is 0 Å². The van der Waals surface area contributed by atoms with Gasteiger partial charge in [0.25, 0.3) is 0 Å². The van der Waals surface area contributed by atoms with Gasteiger partial charge in [-0.05, 0) is 50.3 Å². The van der Waals surface area contributed by atoms with E-state index >= 15 is 0 Å². The monoisotopic (exact) mass is 475 g/mol. The first-order chi connectivity index (χ1) is 15.7. The molecule has 0 aromatic heterocycles. The standard InChI is InChI=1S/C26H38ClN3O3/c1-7-11-20(14-19(3)23(27)18-28(4)5)16-29(6)26(32)30(8-2)17-21-15-24(31)22-12-9-10-13-25(22)33-21/h11-14,18,21H,7-10,15-17H2,1-6H3/b19-14+,20-11+,23-18+. The molecule has 1 heterocycles. The Morgan fingerprint density at radius 3 is 2.55 bits per heavy atom. The lowest BCUT2D eigenvalue weighted by molar-refractivity contribution is -0.120. The van der Waals surface area contributed by atoms with Crippen LogP contribution < -0.4 is 0 Å². The van der Waals surface area contributed by atoms with Crippen molar-refractivity contribution in [1.82, 2.24) is 14.7 Å². The fourth-order valence-electron chi connectivity index (χ4n) is 3.93. The smallest absolute Gasteiger partial charge is 0.320 e. The van der Waals surface area contributed by atoms with E-state index in [9.17, 15) is 9.59 Å². The topological polar surface area (TPSA) is 53.1 Å². The van der Waals surface area contributed by atoms with Crippen LogP contribution >= 0.6 is 11.6 Å². The molecule has 6 nitrogen and oxygen atoms in total. The van der Waals surface area contributed by atoms with Gasteiger partial charge in [-0.1, -0.05) is 36.8 Å². The fraction of sp³-hybridized carbons (Fsp3) is 0.538. The molecule has 1 atom stereocenters. The predicted molar refractivity (Wildman–Crippen MR) is 135 cm³/mol. The first kappa shape index (κ1) is 26.8. The first-order valence-electron chi connectivity index (χ1n) is 11.7. The van der Waals surface area contributed by atoms with Crippen molar-refractivity contribution in [2.75, 3.05) is 40.8 Å². The van der Waals surface area contributed by atoms with Crippen molar-refractivity contribution in [3.05, 3.63) is 58.0 Å². The molecule has 0 bridgehead atoms. The number of carbonyl (C=O) groups excluding carboxylic acids is 2. The number of likely N-dealkylation sites (N-methyl/N-ethyl adjacent to an activating group) is 2. The number of halogens is 1. The summed E-state index contributed by atoms with van der Waals surface area (Å²) in [4.78, 5) is 31.1. The van der Waals surface area contributed by atoms with E-state index in [0.29, 0.717) is 42.4 Å². The van der Waals surface area contributed by atoms with Crippen LogP contribution in [0.2, 0.25) is 0 Å². The Morgan fingerprint density at radius 2 is 1.91 bits per heavy atom. The van der Waals surface area contributed by atoms with Gasteiger partial charge in [0, 0.05) is 46.9 Å². The van der Waals surface area contributed by atoms with Crippen molar-refractivity contribution >= 4 is 23.4 Å². The molecule has 0 N–H and O–H groups in total. The van der Waals surface area contributed by atoms with Crippen molar-refractivity contribution in [1.29, 1.82) is 0 Å². The van der Waals surface area contributed by atoms with Crippen molar-refractivity contribution in [2.45, 2.75) is 52.6 Å². The minimum Gasteiger partial charge on any atom is -0.488 e. The number of hydrogen-bond acceptors (Lipinski definition) is 4. The third kappa shape index (κ3) is 7.81. The summed E-state index contributed by atoms with van der Waals surface area (Å²) < 4.78 is 6.07. The highest BCUT2D eigenvalue weighted by Gasteiger charge is 2.32. The van der Waals surface area contributed by atoms with Gasteiger partial charge in [-0.25, -0.2) is 4.79 Å². The van der Waals surface area contributed by atoms with Crippen LogP contribution in [0.1, 0.15) is 46.5 Å². The van der Waals surface area contributed by atoms with E-state index in [-0.39, 0.29) is 17.9 Å². The number of urea groups is 1. The summed E-state index contributed by atoms with van der Waals surface area (Å²) in [5.41, 5.74) is 2.66. The zero-order valence-corrected chi connectivity index (χ0v) is 21.6. The molecule has 1 unspecified atom stereocenters. The summed E-state index contributed by atoms with van der Waals surface area (Å²) in [6.07, 6.45) is 12.5. The Kier molecular flexibility index (Phi) is 10.3. The summed E-state index contributed by atoms with van der Waals surface area (Å²) in [6, 6.07) is -0.0875. The third-order valence-electron chi connectivity index (χ3n) is 5.56. The molecule has 0 saturated carbocycles. The van der Waals surface area contributed by atoms with Gasteiger partial charge in [0.1, 0.15) is 11.9 Å². The second kappa shape index (κ2) is 12.7. The summed E-state index contributed by atoms with van der Waals surface area (Å²) in [6.45, 7) is 7.37. The van der Waals surface area contributed by atoms with E-state index < -0.39 is 0 Å². The molecule has 1 aliphatic carbocycles. The van der Waals surface area contributed by atoms with Gasteiger partial charge in [0.05, 0.1) is 17.2 Å². The quantitative estimate of drug-likeness (QED) is 0.427.